The normalized spacial score (nSPS) is 11.3. The van der Waals surface area contributed by atoms with Crippen molar-refractivity contribution < 1.29 is 4.39 Å². The van der Waals surface area contributed by atoms with Crippen molar-refractivity contribution in [1.29, 1.82) is 0 Å². The van der Waals surface area contributed by atoms with Crippen LogP contribution in [0.5, 0.6) is 0 Å². The van der Waals surface area contributed by atoms with E-state index in [0.717, 1.165) is 29.7 Å². The first kappa shape index (κ1) is 14.9. The van der Waals surface area contributed by atoms with Gasteiger partial charge in [0.2, 0.25) is 0 Å². The summed E-state index contributed by atoms with van der Waals surface area (Å²) in [5.74, 6) is 0.514. The first-order valence-corrected chi connectivity index (χ1v) is 7.15. The van der Waals surface area contributed by atoms with E-state index in [1.54, 1.807) is 10.7 Å². The summed E-state index contributed by atoms with van der Waals surface area (Å²) < 4.78 is 14.9. The topological polar surface area (TPSA) is 43.8 Å². The number of aromatic nitrogens is 2. The van der Waals surface area contributed by atoms with Crippen LogP contribution in [-0.2, 0) is 7.05 Å². The van der Waals surface area contributed by atoms with E-state index < -0.39 is 0 Å². The molecule has 0 saturated heterocycles. The molecule has 108 valence electrons. The molecule has 0 spiro atoms. The number of benzene rings is 1. The summed E-state index contributed by atoms with van der Waals surface area (Å²) in [6.07, 6.45) is 1.94. The van der Waals surface area contributed by atoms with Gasteiger partial charge in [-0.15, -0.1) is 0 Å². The largest absolute Gasteiger partial charge is 0.383 e. The summed E-state index contributed by atoms with van der Waals surface area (Å²) in [6, 6.07) is 4.36. The maximum Gasteiger partial charge on any atom is 0.129 e. The Labute approximate surface area is 123 Å². The minimum Gasteiger partial charge on any atom is -0.383 e. The molecular formula is C15H19ClFN3. The van der Waals surface area contributed by atoms with Crippen molar-refractivity contribution in [2.24, 2.45) is 7.05 Å². The lowest BCUT2D eigenvalue weighted by Gasteiger charge is -2.13. The van der Waals surface area contributed by atoms with Crippen molar-refractivity contribution in [3.8, 4) is 11.1 Å². The molecule has 0 unspecified atom stereocenters. The number of hydrogen-bond donors (Lipinski definition) is 1. The number of halogens is 2. The average molecular weight is 296 g/mol. The third-order valence-electron chi connectivity index (χ3n) is 3.69. The van der Waals surface area contributed by atoms with E-state index >= 15 is 0 Å². The molecule has 0 atom stereocenters. The zero-order valence-electron chi connectivity index (χ0n) is 12.0. The Morgan fingerprint density at radius 1 is 1.35 bits per heavy atom. The molecule has 0 saturated carbocycles. The van der Waals surface area contributed by atoms with Crippen LogP contribution in [0.15, 0.2) is 18.2 Å². The minimum atomic E-state index is -0.356. The van der Waals surface area contributed by atoms with Crippen LogP contribution >= 0.6 is 11.6 Å². The first-order valence-electron chi connectivity index (χ1n) is 6.77. The second kappa shape index (κ2) is 5.83. The number of aryl methyl sites for hydroxylation is 1. The Kier molecular flexibility index (Phi) is 4.33. The second-order valence-electron chi connectivity index (χ2n) is 4.91. The molecule has 0 bridgehead atoms. The van der Waals surface area contributed by atoms with Crippen molar-refractivity contribution >= 4 is 17.4 Å². The molecule has 2 aromatic rings. The van der Waals surface area contributed by atoms with Crippen LogP contribution in [-0.4, -0.2) is 9.78 Å². The van der Waals surface area contributed by atoms with Gasteiger partial charge in [-0.2, -0.15) is 5.10 Å². The molecule has 2 rings (SSSR count). The summed E-state index contributed by atoms with van der Waals surface area (Å²) >= 11 is 6.18. The van der Waals surface area contributed by atoms with Crippen LogP contribution in [0.4, 0.5) is 10.2 Å². The third kappa shape index (κ3) is 2.52. The third-order valence-corrected chi connectivity index (χ3v) is 4.00. The van der Waals surface area contributed by atoms with E-state index in [9.17, 15) is 4.39 Å². The quantitative estimate of drug-likeness (QED) is 0.910. The maximum atomic E-state index is 13.2. The van der Waals surface area contributed by atoms with E-state index in [0.29, 0.717) is 16.8 Å². The van der Waals surface area contributed by atoms with Gasteiger partial charge in [0.25, 0.3) is 0 Å². The smallest absolute Gasteiger partial charge is 0.129 e. The number of nitrogens with zero attached hydrogens (tertiary/aromatic N) is 2. The zero-order valence-corrected chi connectivity index (χ0v) is 12.7. The number of rotatable bonds is 4. The molecule has 0 radical (unpaired) electrons. The number of nitrogens with two attached hydrogens (primary N) is 1. The highest BCUT2D eigenvalue weighted by molar-refractivity contribution is 6.33. The fraction of sp³-hybridized carbons (Fsp3) is 0.400. The van der Waals surface area contributed by atoms with Gasteiger partial charge in [0.05, 0.1) is 10.7 Å². The molecule has 0 amide bonds. The van der Waals surface area contributed by atoms with Gasteiger partial charge < -0.3 is 5.73 Å². The summed E-state index contributed by atoms with van der Waals surface area (Å²) in [6.45, 7) is 4.24. The monoisotopic (exact) mass is 295 g/mol. The van der Waals surface area contributed by atoms with Crippen LogP contribution in [0, 0.1) is 5.82 Å². The number of hydrogen-bond acceptors (Lipinski definition) is 2. The zero-order chi connectivity index (χ0) is 14.9. The first-order chi connectivity index (χ1) is 9.49. The van der Waals surface area contributed by atoms with Crippen LogP contribution in [0.25, 0.3) is 11.1 Å². The van der Waals surface area contributed by atoms with Crippen LogP contribution in [0.2, 0.25) is 5.02 Å². The predicted molar refractivity (Wildman–Crippen MR) is 81.3 cm³/mol. The lowest BCUT2D eigenvalue weighted by molar-refractivity contribution is 0.605. The standard InChI is InChI=1S/C15H19ClFN3/c1-4-9(5-2)14-13(15(18)20(3)19-14)11-7-6-10(17)8-12(11)16/h6-9H,4-5,18H2,1-3H3. The highest BCUT2D eigenvalue weighted by Gasteiger charge is 2.22. The molecule has 0 aliphatic rings. The van der Waals surface area contributed by atoms with E-state index in [1.807, 2.05) is 7.05 Å². The van der Waals surface area contributed by atoms with Crippen molar-refractivity contribution in [3.63, 3.8) is 0 Å². The summed E-state index contributed by atoms with van der Waals surface area (Å²) in [5.41, 5.74) is 8.63. The molecule has 5 heteroatoms. The Balaban J connectivity index is 2.66. The average Bonchev–Trinajstić information content (AvgIpc) is 2.68. The lowest BCUT2D eigenvalue weighted by Crippen LogP contribution is -2.00. The summed E-state index contributed by atoms with van der Waals surface area (Å²) in [7, 11) is 1.81. The lowest BCUT2D eigenvalue weighted by atomic mass is 9.93. The molecule has 20 heavy (non-hydrogen) atoms. The molecule has 1 aromatic carbocycles. The van der Waals surface area contributed by atoms with Gasteiger partial charge in [-0.05, 0) is 31.0 Å². The summed E-state index contributed by atoms with van der Waals surface area (Å²) in [4.78, 5) is 0. The Bertz CT molecular complexity index is 618. The molecule has 1 heterocycles. The van der Waals surface area contributed by atoms with Gasteiger partial charge in [-0.25, -0.2) is 4.39 Å². The Hall–Kier alpha value is -1.55. The number of nitrogen functional groups attached to an aromatic ring is 1. The van der Waals surface area contributed by atoms with Crippen molar-refractivity contribution in [1.82, 2.24) is 9.78 Å². The molecule has 3 nitrogen and oxygen atoms in total. The SMILES string of the molecule is CCC(CC)c1nn(C)c(N)c1-c1ccc(F)cc1Cl. The molecule has 0 aliphatic carbocycles. The van der Waals surface area contributed by atoms with E-state index in [2.05, 4.69) is 18.9 Å². The summed E-state index contributed by atoms with van der Waals surface area (Å²) in [5, 5.41) is 4.89. The second-order valence-corrected chi connectivity index (χ2v) is 5.31. The van der Waals surface area contributed by atoms with Gasteiger partial charge in [-0.1, -0.05) is 25.4 Å². The molecular weight excluding hydrogens is 277 g/mol. The van der Waals surface area contributed by atoms with E-state index in [1.165, 1.54) is 12.1 Å². The fourth-order valence-corrected chi connectivity index (χ4v) is 2.75. The van der Waals surface area contributed by atoms with Crippen LogP contribution in [0.1, 0.15) is 38.3 Å². The Morgan fingerprint density at radius 3 is 2.55 bits per heavy atom. The highest BCUT2D eigenvalue weighted by atomic mass is 35.5. The predicted octanol–water partition coefficient (Wildman–Crippen LogP) is 4.37. The van der Waals surface area contributed by atoms with Crippen LogP contribution in [0.3, 0.4) is 0 Å². The van der Waals surface area contributed by atoms with Crippen molar-refractivity contribution in [3.05, 3.63) is 34.7 Å². The molecule has 2 N–H and O–H groups in total. The molecule has 0 aliphatic heterocycles. The van der Waals surface area contributed by atoms with Gasteiger partial charge in [0.15, 0.2) is 0 Å². The van der Waals surface area contributed by atoms with Gasteiger partial charge >= 0.3 is 0 Å². The Morgan fingerprint density at radius 2 is 2.00 bits per heavy atom. The van der Waals surface area contributed by atoms with Crippen LogP contribution < -0.4 is 5.73 Å². The maximum absolute atomic E-state index is 13.2. The van der Waals surface area contributed by atoms with Crippen molar-refractivity contribution in [2.45, 2.75) is 32.6 Å². The van der Waals surface area contributed by atoms with Gasteiger partial charge in [0, 0.05) is 24.1 Å². The fourth-order valence-electron chi connectivity index (χ4n) is 2.49. The van der Waals surface area contributed by atoms with E-state index in [-0.39, 0.29) is 5.82 Å². The molecule has 1 aromatic heterocycles. The van der Waals surface area contributed by atoms with Gasteiger partial charge in [0.1, 0.15) is 11.6 Å². The highest BCUT2D eigenvalue weighted by Crippen LogP contribution is 2.39. The molecule has 0 fully saturated rings. The van der Waals surface area contributed by atoms with Crippen molar-refractivity contribution in [2.75, 3.05) is 5.73 Å². The van der Waals surface area contributed by atoms with Gasteiger partial charge in [-0.3, -0.25) is 4.68 Å². The minimum absolute atomic E-state index is 0.314. The number of anilines is 1. The van der Waals surface area contributed by atoms with E-state index in [4.69, 9.17) is 17.3 Å².